The standard InChI is InChI=1S/C16H21FN4O4S2/c1-12-16(13(2)19-18-12)27(24,25)21-9-3-8-20(10-11-21)26(22,23)15-6-4-14(17)5-7-15/h4-7H,3,8-11H2,1-2H3,(H,18,19). The molecule has 11 heteroatoms. The normalized spacial score (nSPS) is 17.7. The molecule has 1 aliphatic rings. The Morgan fingerprint density at radius 3 is 2.00 bits per heavy atom. The Kier molecular flexibility index (Phi) is 5.39. The van der Waals surface area contributed by atoms with E-state index in [1.807, 2.05) is 0 Å². The highest BCUT2D eigenvalue weighted by atomic mass is 32.2. The maximum Gasteiger partial charge on any atom is 0.246 e. The van der Waals surface area contributed by atoms with E-state index in [1.54, 1.807) is 13.8 Å². The number of aromatic nitrogens is 2. The number of aryl methyl sites for hydroxylation is 2. The van der Waals surface area contributed by atoms with Crippen molar-refractivity contribution in [1.29, 1.82) is 0 Å². The summed E-state index contributed by atoms with van der Waals surface area (Å²) in [6, 6.07) is 4.60. The number of nitrogens with one attached hydrogen (secondary N) is 1. The molecule has 0 aliphatic carbocycles. The maximum absolute atomic E-state index is 13.1. The molecule has 0 radical (unpaired) electrons. The summed E-state index contributed by atoms with van der Waals surface area (Å²) in [6.45, 7) is 3.70. The number of hydrogen-bond acceptors (Lipinski definition) is 5. The molecule has 0 unspecified atom stereocenters. The Balaban J connectivity index is 1.82. The third-order valence-electron chi connectivity index (χ3n) is 4.52. The average Bonchev–Trinajstić information content (AvgIpc) is 2.82. The predicted octanol–water partition coefficient (Wildman–Crippen LogP) is 1.25. The van der Waals surface area contributed by atoms with Gasteiger partial charge in [0.05, 0.1) is 16.3 Å². The zero-order valence-corrected chi connectivity index (χ0v) is 16.6. The van der Waals surface area contributed by atoms with Gasteiger partial charge in [-0.15, -0.1) is 0 Å². The van der Waals surface area contributed by atoms with Gasteiger partial charge in [-0.05, 0) is 44.5 Å². The molecule has 1 aromatic carbocycles. The Hall–Kier alpha value is -1.82. The molecule has 1 aromatic heterocycles. The lowest BCUT2D eigenvalue weighted by atomic mass is 10.4. The number of H-pyrrole nitrogens is 1. The summed E-state index contributed by atoms with van der Waals surface area (Å²) in [6.07, 6.45) is 0.357. The molecule has 2 heterocycles. The highest BCUT2D eigenvalue weighted by Gasteiger charge is 2.34. The maximum atomic E-state index is 13.1. The summed E-state index contributed by atoms with van der Waals surface area (Å²) in [5.41, 5.74) is 0.833. The van der Waals surface area contributed by atoms with Crippen LogP contribution in [0.5, 0.6) is 0 Å². The van der Waals surface area contributed by atoms with Crippen LogP contribution in [-0.2, 0) is 20.0 Å². The Morgan fingerprint density at radius 2 is 1.48 bits per heavy atom. The van der Waals surface area contributed by atoms with Crippen molar-refractivity contribution in [3.05, 3.63) is 41.5 Å². The third kappa shape index (κ3) is 3.77. The number of rotatable bonds is 4. The predicted molar refractivity (Wildman–Crippen MR) is 96.6 cm³/mol. The summed E-state index contributed by atoms with van der Waals surface area (Å²) >= 11 is 0. The quantitative estimate of drug-likeness (QED) is 0.808. The monoisotopic (exact) mass is 416 g/mol. The molecule has 148 valence electrons. The van der Waals surface area contributed by atoms with Gasteiger partial charge in [0.1, 0.15) is 10.7 Å². The summed E-state index contributed by atoms with van der Waals surface area (Å²) in [4.78, 5) is 0.124. The highest BCUT2D eigenvalue weighted by Crippen LogP contribution is 2.24. The van der Waals surface area contributed by atoms with Crippen LogP contribution in [-0.4, -0.2) is 61.8 Å². The van der Waals surface area contributed by atoms with Gasteiger partial charge >= 0.3 is 0 Å². The van der Waals surface area contributed by atoms with E-state index in [2.05, 4.69) is 10.2 Å². The largest absolute Gasteiger partial charge is 0.281 e. The summed E-state index contributed by atoms with van der Waals surface area (Å²) < 4.78 is 67.1. The van der Waals surface area contributed by atoms with Crippen LogP contribution in [0.25, 0.3) is 0 Å². The number of nitrogens with zero attached hydrogens (tertiary/aromatic N) is 3. The molecule has 2 aromatic rings. The van der Waals surface area contributed by atoms with Gasteiger partial charge in [-0.25, -0.2) is 21.2 Å². The van der Waals surface area contributed by atoms with E-state index in [0.29, 0.717) is 17.8 Å². The van der Waals surface area contributed by atoms with Gasteiger partial charge in [0.2, 0.25) is 20.0 Å². The molecule has 3 rings (SSSR count). The number of aromatic amines is 1. The lowest BCUT2D eigenvalue weighted by Gasteiger charge is -2.21. The van der Waals surface area contributed by atoms with Crippen molar-refractivity contribution in [3.8, 4) is 0 Å². The first-order valence-corrected chi connectivity index (χ1v) is 11.3. The summed E-state index contributed by atoms with van der Waals surface area (Å²) in [5, 5.41) is 6.60. The molecular formula is C16H21FN4O4S2. The van der Waals surface area contributed by atoms with Crippen molar-refractivity contribution in [1.82, 2.24) is 18.8 Å². The van der Waals surface area contributed by atoms with E-state index in [0.717, 1.165) is 12.1 Å². The fourth-order valence-electron chi connectivity index (χ4n) is 3.16. The minimum atomic E-state index is -3.81. The van der Waals surface area contributed by atoms with Gasteiger partial charge in [0.15, 0.2) is 0 Å². The first-order valence-electron chi connectivity index (χ1n) is 8.41. The van der Waals surface area contributed by atoms with E-state index < -0.39 is 25.9 Å². The first-order chi connectivity index (χ1) is 12.6. The van der Waals surface area contributed by atoms with Crippen LogP contribution in [0.4, 0.5) is 4.39 Å². The van der Waals surface area contributed by atoms with Crippen molar-refractivity contribution >= 4 is 20.0 Å². The SMILES string of the molecule is Cc1n[nH]c(C)c1S(=O)(=O)N1CCCN(S(=O)(=O)c2ccc(F)cc2)CC1. The Labute approximate surface area is 158 Å². The van der Waals surface area contributed by atoms with Crippen LogP contribution in [0.2, 0.25) is 0 Å². The lowest BCUT2D eigenvalue weighted by molar-refractivity contribution is 0.404. The zero-order valence-electron chi connectivity index (χ0n) is 15.0. The van der Waals surface area contributed by atoms with Gasteiger partial charge < -0.3 is 0 Å². The van der Waals surface area contributed by atoms with Crippen LogP contribution < -0.4 is 0 Å². The third-order valence-corrected chi connectivity index (χ3v) is 8.60. The minimum absolute atomic E-state index is 0.0123. The number of halogens is 1. The molecular weight excluding hydrogens is 395 g/mol. The highest BCUT2D eigenvalue weighted by molar-refractivity contribution is 7.89. The minimum Gasteiger partial charge on any atom is -0.281 e. The molecule has 0 bridgehead atoms. The molecule has 0 amide bonds. The smallest absolute Gasteiger partial charge is 0.246 e. The molecule has 8 nitrogen and oxygen atoms in total. The van der Waals surface area contributed by atoms with Gasteiger partial charge in [-0.3, -0.25) is 5.10 Å². The van der Waals surface area contributed by atoms with Crippen molar-refractivity contribution < 1.29 is 21.2 Å². The molecule has 1 aliphatic heterocycles. The van der Waals surface area contributed by atoms with Crippen molar-refractivity contribution in [2.45, 2.75) is 30.1 Å². The fraction of sp³-hybridized carbons (Fsp3) is 0.438. The first kappa shape index (κ1) is 19.9. The molecule has 0 spiro atoms. The summed E-state index contributed by atoms with van der Waals surface area (Å²) in [5.74, 6) is -0.520. The van der Waals surface area contributed by atoms with Crippen LogP contribution >= 0.6 is 0 Å². The number of sulfonamides is 2. The van der Waals surface area contributed by atoms with E-state index in [9.17, 15) is 21.2 Å². The van der Waals surface area contributed by atoms with E-state index >= 15 is 0 Å². The van der Waals surface area contributed by atoms with E-state index in [-0.39, 0.29) is 36.0 Å². The topological polar surface area (TPSA) is 103 Å². The van der Waals surface area contributed by atoms with Crippen LogP contribution in [0.1, 0.15) is 17.8 Å². The van der Waals surface area contributed by atoms with Crippen molar-refractivity contribution in [2.75, 3.05) is 26.2 Å². The molecule has 27 heavy (non-hydrogen) atoms. The average molecular weight is 417 g/mol. The van der Waals surface area contributed by atoms with Crippen molar-refractivity contribution in [2.24, 2.45) is 0 Å². The van der Waals surface area contributed by atoms with Crippen molar-refractivity contribution in [3.63, 3.8) is 0 Å². The van der Waals surface area contributed by atoms with Crippen LogP contribution in [0.15, 0.2) is 34.1 Å². The van der Waals surface area contributed by atoms with E-state index in [1.165, 1.54) is 20.7 Å². The Bertz CT molecular complexity index is 1010. The second-order valence-electron chi connectivity index (χ2n) is 6.38. The lowest BCUT2D eigenvalue weighted by Crippen LogP contribution is -2.37. The van der Waals surface area contributed by atoms with Crippen LogP contribution in [0.3, 0.4) is 0 Å². The molecule has 0 saturated carbocycles. The van der Waals surface area contributed by atoms with Gasteiger partial charge in [-0.2, -0.15) is 13.7 Å². The second kappa shape index (κ2) is 7.30. The number of benzene rings is 1. The molecule has 1 saturated heterocycles. The fourth-order valence-corrected chi connectivity index (χ4v) is 6.43. The Morgan fingerprint density at radius 1 is 0.926 bits per heavy atom. The van der Waals surface area contributed by atoms with E-state index in [4.69, 9.17) is 0 Å². The van der Waals surface area contributed by atoms with Crippen LogP contribution in [0, 0.1) is 19.7 Å². The zero-order chi connectivity index (χ0) is 19.8. The molecule has 1 fully saturated rings. The van der Waals surface area contributed by atoms with Gasteiger partial charge in [0.25, 0.3) is 0 Å². The van der Waals surface area contributed by atoms with Gasteiger partial charge in [-0.1, -0.05) is 0 Å². The molecule has 0 atom stereocenters. The number of hydrogen-bond donors (Lipinski definition) is 1. The summed E-state index contributed by atoms with van der Waals surface area (Å²) in [7, 11) is -7.59. The second-order valence-corrected chi connectivity index (χ2v) is 10.2. The van der Waals surface area contributed by atoms with Gasteiger partial charge in [0, 0.05) is 26.2 Å². The molecule has 1 N–H and O–H groups in total.